The van der Waals surface area contributed by atoms with Crippen LogP contribution >= 0.6 is 0 Å². The molecule has 0 aromatic rings. The summed E-state index contributed by atoms with van der Waals surface area (Å²) in [6, 6.07) is 0. The quantitative estimate of drug-likeness (QED) is 0.467. The van der Waals surface area contributed by atoms with Crippen LogP contribution in [0.25, 0.3) is 0 Å². The van der Waals surface area contributed by atoms with E-state index in [9.17, 15) is 15.3 Å². The topological polar surface area (TPSA) is 99.4 Å². The first kappa shape index (κ1) is 22.2. The van der Waals surface area contributed by atoms with Gasteiger partial charge in [0.05, 0.1) is 6.61 Å². The van der Waals surface area contributed by atoms with Gasteiger partial charge in [-0.25, -0.2) is 0 Å². The number of aliphatic hydroxyl groups excluding tert-OH is 4. The predicted octanol–water partition coefficient (Wildman–Crippen LogP) is 1.86. The zero-order valence-corrected chi connectivity index (χ0v) is 13.8. The number of rotatable bonds is 4. The smallest absolute Gasteiger partial charge is 0.229 e. The van der Waals surface area contributed by atoms with Gasteiger partial charge in [-0.1, -0.05) is 33.8 Å². The second kappa shape index (κ2) is 12.6. The highest BCUT2D eigenvalue weighted by molar-refractivity contribution is 5.14. The highest BCUT2D eigenvalue weighted by Crippen LogP contribution is 2.24. The molecule has 0 radical (unpaired) electrons. The molecule has 0 spiro atoms. The Morgan fingerprint density at radius 1 is 1.14 bits per heavy atom. The Morgan fingerprint density at radius 2 is 1.67 bits per heavy atom. The first-order chi connectivity index (χ1) is 10.0. The van der Waals surface area contributed by atoms with Gasteiger partial charge >= 0.3 is 0 Å². The SMILES string of the molecule is C/C=C\C(OC1OC(CO)C(O)C1O)=C(/C)O.CC.CC. The van der Waals surface area contributed by atoms with E-state index in [0.29, 0.717) is 0 Å². The summed E-state index contributed by atoms with van der Waals surface area (Å²) in [6.07, 6.45) is -1.33. The van der Waals surface area contributed by atoms with E-state index < -0.39 is 31.2 Å². The highest BCUT2D eigenvalue weighted by Gasteiger charge is 2.44. The van der Waals surface area contributed by atoms with Crippen LogP contribution in [0.1, 0.15) is 41.5 Å². The van der Waals surface area contributed by atoms with Crippen molar-refractivity contribution in [3.05, 3.63) is 23.7 Å². The molecule has 1 saturated heterocycles. The Bertz CT molecular complexity index is 309. The second-order valence-corrected chi connectivity index (χ2v) is 3.77. The number of ether oxygens (including phenoxy) is 2. The third kappa shape index (κ3) is 6.95. The average molecular weight is 306 g/mol. The minimum atomic E-state index is -1.27. The number of hydrogen-bond acceptors (Lipinski definition) is 6. The van der Waals surface area contributed by atoms with Crippen molar-refractivity contribution in [2.75, 3.05) is 6.61 Å². The predicted molar refractivity (Wildman–Crippen MR) is 81.7 cm³/mol. The van der Waals surface area contributed by atoms with Crippen LogP contribution in [0.2, 0.25) is 0 Å². The van der Waals surface area contributed by atoms with Crippen molar-refractivity contribution in [2.45, 2.75) is 66.1 Å². The molecule has 0 aromatic heterocycles. The van der Waals surface area contributed by atoms with E-state index in [4.69, 9.17) is 14.6 Å². The summed E-state index contributed by atoms with van der Waals surface area (Å²) >= 11 is 0. The molecule has 0 saturated carbocycles. The second-order valence-electron chi connectivity index (χ2n) is 3.77. The molecule has 4 unspecified atom stereocenters. The molecule has 0 aliphatic carbocycles. The normalized spacial score (nSPS) is 29.0. The molecule has 21 heavy (non-hydrogen) atoms. The van der Waals surface area contributed by atoms with Crippen LogP contribution in [0.3, 0.4) is 0 Å². The molecular weight excluding hydrogens is 276 g/mol. The Kier molecular flexibility index (Phi) is 13.4. The lowest BCUT2D eigenvalue weighted by atomic mass is 10.1. The lowest BCUT2D eigenvalue weighted by Gasteiger charge is -2.17. The van der Waals surface area contributed by atoms with Gasteiger partial charge in [-0.15, -0.1) is 0 Å². The molecule has 1 fully saturated rings. The number of allylic oxidation sites excluding steroid dienone is 3. The third-order valence-corrected chi connectivity index (χ3v) is 2.42. The molecule has 4 N–H and O–H groups in total. The van der Waals surface area contributed by atoms with Crippen molar-refractivity contribution < 1.29 is 29.9 Å². The lowest BCUT2D eigenvalue weighted by molar-refractivity contribution is -0.146. The van der Waals surface area contributed by atoms with E-state index in [1.54, 1.807) is 13.0 Å². The van der Waals surface area contributed by atoms with Gasteiger partial charge in [0, 0.05) is 0 Å². The monoisotopic (exact) mass is 306 g/mol. The Morgan fingerprint density at radius 3 is 2.00 bits per heavy atom. The van der Waals surface area contributed by atoms with Crippen LogP contribution in [0.4, 0.5) is 0 Å². The highest BCUT2D eigenvalue weighted by atomic mass is 16.7. The first-order valence-corrected chi connectivity index (χ1v) is 7.33. The van der Waals surface area contributed by atoms with Crippen LogP contribution in [0.5, 0.6) is 0 Å². The summed E-state index contributed by atoms with van der Waals surface area (Å²) in [6.45, 7) is 10.7. The van der Waals surface area contributed by atoms with E-state index in [1.807, 2.05) is 27.7 Å². The van der Waals surface area contributed by atoms with Crippen molar-refractivity contribution in [1.82, 2.24) is 0 Å². The lowest BCUT2D eigenvalue weighted by Crippen LogP contribution is -2.34. The largest absolute Gasteiger partial charge is 0.509 e. The van der Waals surface area contributed by atoms with Gasteiger partial charge in [-0.05, 0) is 19.9 Å². The molecular formula is C15H30O6. The molecule has 126 valence electrons. The summed E-state index contributed by atoms with van der Waals surface area (Å²) in [5, 5.41) is 37.3. The maximum absolute atomic E-state index is 9.62. The van der Waals surface area contributed by atoms with E-state index >= 15 is 0 Å². The van der Waals surface area contributed by atoms with Crippen molar-refractivity contribution in [2.24, 2.45) is 0 Å². The van der Waals surface area contributed by atoms with E-state index in [0.717, 1.165) is 0 Å². The molecule has 0 aromatic carbocycles. The standard InChI is InChI=1S/C11H18O6.2C2H6/c1-3-4-7(6(2)13)16-11-10(15)9(14)8(5-12)17-11;2*1-2/h3-4,8-15H,5H2,1-2H3;2*1-2H3/b4-3-,7-6-;;. The average Bonchev–Trinajstić information content (AvgIpc) is 2.78. The Hall–Kier alpha value is -1.08. The van der Waals surface area contributed by atoms with Crippen molar-refractivity contribution in [3.63, 3.8) is 0 Å². The van der Waals surface area contributed by atoms with Crippen molar-refractivity contribution in [1.29, 1.82) is 0 Å². The van der Waals surface area contributed by atoms with Crippen LogP contribution in [0.15, 0.2) is 23.7 Å². The minimum Gasteiger partial charge on any atom is -0.509 e. The van der Waals surface area contributed by atoms with Gasteiger partial charge in [-0.2, -0.15) is 0 Å². The van der Waals surface area contributed by atoms with Crippen molar-refractivity contribution >= 4 is 0 Å². The summed E-state index contributed by atoms with van der Waals surface area (Å²) in [4.78, 5) is 0. The fourth-order valence-electron chi connectivity index (χ4n) is 1.48. The van der Waals surface area contributed by atoms with Crippen LogP contribution in [-0.2, 0) is 9.47 Å². The van der Waals surface area contributed by atoms with Crippen LogP contribution in [-0.4, -0.2) is 51.6 Å². The molecule has 1 aliphatic rings. The first-order valence-electron chi connectivity index (χ1n) is 7.33. The minimum absolute atomic E-state index is 0.0687. The molecule has 6 nitrogen and oxygen atoms in total. The fraction of sp³-hybridized carbons (Fsp3) is 0.733. The van der Waals surface area contributed by atoms with E-state index in [1.165, 1.54) is 13.0 Å². The zero-order valence-electron chi connectivity index (χ0n) is 13.8. The van der Waals surface area contributed by atoms with Gasteiger partial charge in [0.2, 0.25) is 6.29 Å². The van der Waals surface area contributed by atoms with Crippen LogP contribution in [0, 0.1) is 0 Å². The molecule has 1 aliphatic heterocycles. The number of hydrogen-bond donors (Lipinski definition) is 4. The molecule has 4 atom stereocenters. The summed E-state index contributed by atoms with van der Waals surface area (Å²) in [5.74, 6) is 0.0724. The maximum atomic E-state index is 9.62. The number of aliphatic hydroxyl groups is 4. The molecule has 0 bridgehead atoms. The maximum Gasteiger partial charge on any atom is 0.229 e. The Labute approximate surface area is 127 Å². The molecule has 1 heterocycles. The fourth-order valence-corrected chi connectivity index (χ4v) is 1.48. The molecule has 1 rings (SSSR count). The summed E-state index contributed by atoms with van der Waals surface area (Å²) < 4.78 is 10.3. The van der Waals surface area contributed by atoms with Gasteiger partial charge in [0.1, 0.15) is 24.1 Å². The summed E-state index contributed by atoms with van der Waals surface area (Å²) in [7, 11) is 0. The molecule has 0 amide bonds. The van der Waals surface area contributed by atoms with Gasteiger partial charge in [-0.3, -0.25) is 0 Å². The third-order valence-electron chi connectivity index (χ3n) is 2.42. The molecule has 6 heteroatoms. The zero-order chi connectivity index (χ0) is 17.0. The van der Waals surface area contributed by atoms with E-state index in [-0.39, 0.29) is 11.5 Å². The Balaban J connectivity index is 0. The van der Waals surface area contributed by atoms with Crippen molar-refractivity contribution in [3.8, 4) is 0 Å². The van der Waals surface area contributed by atoms with Gasteiger partial charge < -0.3 is 29.9 Å². The van der Waals surface area contributed by atoms with Gasteiger partial charge in [0.15, 0.2) is 5.76 Å². The van der Waals surface area contributed by atoms with E-state index in [2.05, 4.69) is 0 Å². The van der Waals surface area contributed by atoms with Crippen LogP contribution < -0.4 is 0 Å². The summed E-state index contributed by atoms with van der Waals surface area (Å²) in [5.41, 5.74) is 0. The van der Waals surface area contributed by atoms with Gasteiger partial charge in [0.25, 0.3) is 0 Å².